The summed E-state index contributed by atoms with van der Waals surface area (Å²) in [7, 11) is 0. The molecule has 8 aromatic carbocycles. The van der Waals surface area contributed by atoms with Crippen molar-refractivity contribution in [2.45, 2.75) is 5.41 Å². The molecule has 0 saturated heterocycles. The number of para-hydroxylation sites is 3. The Kier molecular flexibility index (Phi) is 6.37. The third-order valence-corrected chi connectivity index (χ3v) is 12.1. The highest BCUT2D eigenvalue weighted by atomic mass is 32.1. The van der Waals surface area contributed by atoms with Gasteiger partial charge in [-0.05, 0) is 88.5 Å². The lowest BCUT2D eigenvalue weighted by atomic mass is 9.66. The number of thiophene rings is 1. The van der Waals surface area contributed by atoms with Crippen molar-refractivity contribution in [2.24, 2.45) is 0 Å². The van der Waals surface area contributed by atoms with Gasteiger partial charge in [0.15, 0.2) is 0 Å². The summed E-state index contributed by atoms with van der Waals surface area (Å²) < 4.78 is 9.24. The van der Waals surface area contributed by atoms with Crippen LogP contribution in [-0.4, -0.2) is 0 Å². The van der Waals surface area contributed by atoms with E-state index in [1.165, 1.54) is 64.7 Å². The van der Waals surface area contributed by atoms with Crippen LogP contribution < -0.4 is 9.64 Å². The molecule has 1 aromatic heterocycles. The van der Waals surface area contributed by atoms with Crippen molar-refractivity contribution in [2.75, 3.05) is 4.90 Å². The van der Waals surface area contributed by atoms with Gasteiger partial charge in [0.1, 0.15) is 11.5 Å². The molecule has 0 amide bonds. The summed E-state index contributed by atoms with van der Waals surface area (Å²) >= 11 is 1.86. The molecule has 0 bridgehead atoms. The summed E-state index contributed by atoms with van der Waals surface area (Å²) in [5, 5.41) is 2.64. The molecule has 9 aromatic rings. The average Bonchev–Trinajstić information content (AvgIpc) is 3.73. The van der Waals surface area contributed by atoms with Crippen LogP contribution in [0.1, 0.15) is 22.3 Å². The molecule has 1 aliphatic heterocycles. The van der Waals surface area contributed by atoms with Gasteiger partial charge in [-0.2, -0.15) is 0 Å². The molecule has 0 radical (unpaired) electrons. The fourth-order valence-corrected chi connectivity index (χ4v) is 9.87. The number of rotatable bonds is 4. The Morgan fingerprint density at radius 3 is 1.81 bits per heavy atom. The van der Waals surface area contributed by atoms with Crippen molar-refractivity contribution in [3.8, 4) is 33.8 Å². The maximum Gasteiger partial charge on any atom is 0.132 e. The lowest BCUT2D eigenvalue weighted by Crippen LogP contribution is -2.32. The molecular weight excluding hydrogens is 651 g/mol. The molecular formula is C49H31NOS. The largest absolute Gasteiger partial charge is 0.457 e. The highest BCUT2D eigenvalue weighted by Gasteiger charge is 2.51. The number of hydrogen-bond donors (Lipinski definition) is 0. The van der Waals surface area contributed by atoms with E-state index in [1.54, 1.807) is 0 Å². The number of fused-ring (bicyclic) bond motifs is 12. The molecule has 0 N–H and O–H groups in total. The van der Waals surface area contributed by atoms with Gasteiger partial charge in [-0.15, -0.1) is 11.3 Å². The van der Waals surface area contributed by atoms with Crippen molar-refractivity contribution >= 4 is 48.6 Å². The summed E-state index contributed by atoms with van der Waals surface area (Å²) in [5.41, 5.74) is 12.6. The molecule has 0 unspecified atom stereocenters. The highest BCUT2D eigenvalue weighted by molar-refractivity contribution is 7.25. The molecule has 2 heterocycles. The van der Waals surface area contributed by atoms with Crippen LogP contribution in [0.25, 0.3) is 42.4 Å². The van der Waals surface area contributed by atoms with Gasteiger partial charge in [0, 0.05) is 48.2 Å². The third kappa shape index (κ3) is 4.11. The Hall–Kier alpha value is -6.42. The normalized spacial score (nSPS) is 13.3. The van der Waals surface area contributed by atoms with Crippen molar-refractivity contribution in [3.63, 3.8) is 0 Å². The maximum atomic E-state index is 6.59. The van der Waals surface area contributed by atoms with Gasteiger partial charge in [0.05, 0.1) is 11.1 Å². The van der Waals surface area contributed by atoms with E-state index in [-0.39, 0.29) is 0 Å². The molecule has 1 spiro atoms. The van der Waals surface area contributed by atoms with E-state index in [0.717, 1.165) is 28.6 Å². The molecule has 2 nitrogen and oxygen atoms in total. The molecule has 1 aliphatic carbocycles. The van der Waals surface area contributed by atoms with Crippen LogP contribution in [0.2, 0.25) is 0 Å². The fraction of sp³-hybridized carbons (Fsp3) is 0.0204. The van der Waals surface area contributed by atoms with Crippen LogP contribution in [0.5, 0.6) is 11.5 Å². The minimum absolute atomic E-state index is 0.524. The van der Waals surface area contributed by atoms with E-state index in [1.807, 2.05) is 11.3 Å². The minimum atomic E-state index is -0.524. The summed E-state index contributed by atoms with van der Waals surface area (Å²) in [6.45, 7) is 0. The smallest absolute Gasteiger partial charge is 0.132 e. The van der Waals surface area contributed by atoms with Crippen LogP contribution in [0.15, 0.2) is 188 Å². The number of anilines is 3. The lowest BCUT2D eigenvalue weighted by Gasteiger charge is -2.39. The SMILES string of the molecule is c1ccc(N(c2ccc(-c3ccc4sc5ccccc5c4c3)cc2)c2cccc3c2-c2ccccc2C32c3ccccc3Oc3ccccc32)cc1. The number of ether oxygens (including phenoxy) is 1. The summed E-state index contributed by atoms with van der Waals surface area (Å²) in [6, 6.07) is 68.3. The predicted octanol–water partition coefficient (Wildman–Crippen LogP) is 13.7. The van der Waals surface area contributed by atoms with E-state index in [0.29, 0.717) is 0 Å². The third-order valence-electron chi connectivity index (χ3n) is 10.9. The number of nitrogens with zero attached hydrogens (tertiary/aromatic N) is 1. The Morgan fingerprint density at radius 2 is 1.02 bits per heavy atom. The molecule has 52 heavy (non-hydrogen) atoms. The second-order valence-electron chi connectivity index (χ2n) is 13.6. The second kappa shape index (κ2) is 11.3. The summed E-state index contributed by atoms with van der Waals surface area (Å²) in [5.74, 6) is 1.80. The van der Waals surface area contributed by atoms with Crippen molar-refractivity contribution in [3.05, 3.63) is 210 Å². The second-order valence-corrected chi connectivity index (χ2v) is 14.7. The van der Waals surface area contributed by atoms with Crippen molar-refractivity contribution in [1.29, 1.82) is 0 Å². The zero-order valence-corrected chi connectivity index (χ0v) is 29.0. The van der Waals surface area contributed by atoms with E-state index >= 15 is 0 Å². The monoisotopic (exact) mass is 681 g/mol. The number of hydrogen-bond acceptors (Lipinski definition) is 3. The van der Waals surface area contributed by atoms with Gasteiger partial charge < -0.3 is 9.64 Å². The molecule has 11 rings (SSSR count). The predicted molar refractivity (Wildman–Crippen MR) is 217 cm³/mol. The van der Waals surface area contributed by atoms with Gasteiger partial charge in [-0.25, -0.2) is 0 Å². The molecule has 0 saturated carbocycles. The fourth-order valence-electron chi connectivity index (χ4n) is 8.78. The van der Waals surface area contributed by atoms with Crippen LogP contribution in [-0.2, 0) is 5.41 Å². The summed E-state index contributed by atoms with van der Waals surface area (Å²) in [6.07, 6.45) is 0. The average molecular weight is 682 g/mol. The minimum Gasteiger partial charge on any atom is -0.457 e. The zero-order chi connectivity index (χ0) is 34.2. The zero-order valence-electron chi connectivity index (χ0n) is 28.2. The molecule has 3 heteroatoms. The lowest BCUT2D eigenvalue weighted by molar-refractivity contribution is 0.436. The topological polar surface area (TPSA) is 12.5 Å². The number of benzene rings is 8. The van der Waals surface area contributed by atoms with E-state index in [2.05, 4.69) is 193 Å². The van der Waals surface area contributed by atoms with Gasteiger partial charge in [0.2, 0.25) is 0 Å². The van der Waals surface area contributed by atoms with Gasteiger partial charge in [0.25, 0.3) is 0 Å². The quantitative estimate of drug-likeness (QED) is 0.183. The van der Waals surface area contributed by atoms with Gasteiger partial charge in [-0.3, -0.25) is 0 Å². The Bertz CT molecular complexity index is 2790. The molecule has 2 aliphatic rings. The first-order chi connectivity index (χ1) is 25.8. The highest BCUT2D eigenvalue weighted by Crippen LogP contribution is 2.64. The Balaban J connectivity index is 1.12. The van der Waals surface area contributed by atoms with Crippen molar-refractivity contribution < 1.29 is 4.74 Å². The maximum absolute atomic E-state index is 6.59. The first kappa shape index (κ1) is 29.3. The van der Waals surface area contributed by atoms with Gasteiger partial charge in [-0.1, -0.05) is 127 Å². The van der Waals surface area contributed by atoms with Crippen LogP contribution in [0.4, 0.5) is 17.1 Å². The van der Waals surface area contributed by atoms with E-state index < -0.39 is 5.41 Å². The Morgan fingerprint density at radius 1 is 0.423 bits per heavy atom. The van der Waals surface area contributed by atoms with Crippen LogP contribution >= 0.6 is 11.3 Å². The summed E-state index contributed by atoms with van der Waals surface area (Å²) in [4.78, 5) is 2.42. The first-order valence-corrected chi connectivity index (χ1v) is 18.6. The molecule has 244 valence electrons. The van der Waals surface area contributed by atoms with Gasteiger partial charge >= 0.3 is 0 Å². The van der Waals surface area contributed by atoms with Crippen LogP contribution in [0, 0.1) is 0 Å². The van der Waals surface area contributed by atoms with Crippen molar-refractivity contribution in [1.82, 2.24) is 0 Å². The Labute approximate surface area is 306 Å². The standard InChI is InChI=1S/C49H31NOS/c1-2-13-34(14-3-1)50(35-28-25-32(26-29-35)33-27-30-47-38(31-33)36-15-5-11-24-46(36)52-47)43-21-12-20-42-48(43)37-16-4-6-17-39(37)49(42)40-18-7-9-22-44(40)51-45-23-10-8-19-41(45)49/h1-31H. The van der Waals surface area contributed by atoms with Crippen LogP contribution in [0.3, 0.4) is 0 Å². The molecule has 0 fully saturated rings. The molecule has 0 atom stereocenters. The van der Waals surface area contributed by atoms with E-state index in [9.17, 15) is 0 Å². The first-order valence-electron chi connectivity index (χ1n) is 17.8. The van der Waals surface area contributed by atoms with E-state index in [4.69, 9.17) is 4.74 Å².